The smallest absolute Gasteiger partial charge is 0.272 e. The van der Waals surface area contributed by atoms with Crippen LogP contribution in [0.3, 0.4) is 0 Å². The summed E-state index contributed by atoms with van der Waals surface area (Å²) >= 11 is 0. The van der Waals surface area contributed by atoms with Crippen molar-refractivity contribution in [3.05, 3.63) is 95.5 Å². The van der Waals surface area contributed by atoms with Gasteiger partial charge in [0.2, 0.25) is 5.95 Å². The highest BCUT2D eigenvalue weighted by molar-refractivity contribution is 5.92. The highest BCUT2D eigenvalue weighted by Gasteiger charge is 2.19. The van der Waals surface area contributed by atoms with Crippen molar-refractivity contribution in [1.82, 2.24) is 24.8 Å². The second-order valence-electron chi connectivity index (χ2n) is 7.49. The molecule has 0 fully saturated rings. The fourth-order valence-electron chi connectivity index (χ4n) is 3.35. The Morgan fingerprint density at radius 1 is 1.09 bits per heavy atom. The number of rotatable bonds is 7. The Morgan fingerprint density at radius 3 is 2.52 bits per heavy atom. The molecule has 0 radical (unpaired) electrons. The molecule has 4 rings (SSSR count). The van der Waals surface area contributed by atoms with Gasteiger partial charge < -0.3 is 15.7 Å². The Labute approximate surface area is 190 Å². The molecule has 8 nitrogen and oxygen atoms in total. The Kier molecular flexibility index (Phi) is 6.41. The van der Waals surface area contributed by atoms with Crippen molar-refractivity contribution in [3.8, 4) is 5.82 Å². The first-order chi connectivity index (χ1) is 15.9. The van der Waals surface area contributed by atoms with Crippen molar-refractivity contribution in [2.75, 3.05) is 11.9 Å². The minimum absolute atomic E-state index is 0.202. The lowest BCUT2D eigenvalue weighted by molar-refractivity contribution is 0.0911. The van der Waals surface area contributed by atoms with Crippen LogP contribution in [-0.2, 0) is 0 Å². The van der Waals surface area contributed by atoms with Crippen molar-refractivity contribution in [3.63, 3.8) is 0 Å². The molecule has 0 spiro atoms. The van der Waals surface area contributed by atoms with Gasteiger partial charge in [-0.2, -0.15) is 4.98 Å². The lowest BCUT2D eigenvalue weighted by Crippen LogP contribution is -2.31. The van der Waals surface area contributed by atoms with Gasteiger partial charge in [0, 0.05) is 23.6 Å². The molecular weight excluding hydrogens is 423 g/mol. The van der Waals surface area contributed by atoms with Crippen molar-refractivity contribution < 1.29 is 14.3 Å². The van der Waals surface area contributed by atoms with Crippen LogP contribution in [0, 0.1) is 19.7 Å². The number of nitrogens with one attached hydrogen (secondary N) is 2. The monoisotopic (exact) mass is 446 g/mol. The summed E-state index contributed by atoms with van der Waals surface area (Å²) in [6.07, 6.45) is 3.26. The molecule has 0 aliphatic heterocycles. The molecule has 0 aliphatic rings. The summed E-state index contributed by atoms with van der Waals surface area (Å²) in [4.78, 5) is 26.0. The molecule has 168 valence electrons. The van der Waals surface area contributed by atoms with Gasteiger partial charge in [-0.05, 0) is 43.7 Å². The van der Waals surface area contributed by atoms with E-state index < -0.39 is 11.9 Å². The maximum Gasteiger partial charge on any atom is 0.272 e. The topological polar surface area (TPSA) is 105 Å². The van der Waals surface area contributed by atoms with Gasteiger partial charge in [0.1, 0.15) is 23.2 Å². The van der Waals surface area contributed by atoms with Gasteiger partial charge in [0.15, 0.2) is 0 Å². The molecule has 0 unspecified atom stereocenters. The molecule has 0 aliphatic carbocycles. The van der Waals surface area contributed by atoms with E-state index in [1.807, 2.05) is 37.3 Å². The predicted octanol–water partition coefficient (Wildman–Crippen LogP) is 3.63. The van der Waals surface area contributed by atoms with E-state index >= 15 is 0 Å². The number of anilines is 2. The molecule has 2 heterocycles. The predicted molar refractivity (Wildman–Crippen MR) is 122 cm³/mol. The number of aryl methyl sites for hydroxylation is 2. The maximum atomic E-state index is 13.2. The fourth-order valence-corrected chi connectivity index (χ4v) is 3.35. The van der Waals surface area contributed by atoms with Gasteiger partial charge >= 0.3 is 0 Å². The highest BCUT2D eigenvalue weighted by atomic mass is 19.1. The van der Waals surface area contributed by atoms with Gasteiger partial charge in [-0.25, -0.2) is 14.4 Å². The molecule has 1 atom stereocenters. The number of benzene rings is 2. The normalized spacial score (nSPS) is 11.8. The number of aliphatic hydroxyl groups excluding tert-OH is 1. The average Bonchev–Trinajstić information content (AvgIpc) is 3.22. The lowest BCUT2D eigenvalue weighted by atomic mass is 10.1. The van der Waals surface area contributed by atoms with E-state index in [0.717, 1.165) is 11.1 Å². The molecule has 4 aromatic rings. The summed E-state index contributed by atoms with van der Waals surface area (Å²) in [5.74, 6) is 0.707. The van der Waals surface area contributed by atoms with Gasteiger partial charge in [0.05, 0.1) is 12.6 Å². The van der Waals surface area contributed by atoms with Gasteiger partial charge in [-0.3, -0.25) is 9.36 Å². The number of hydrogen-bond donors (Lipinski definition) is 3. The number of aromatic nitrogens is 4. The van der Waals surface area contributed by atoms with E-state index in [-0.39, 0.29) is 18.1 Å². The summed E-state index contributed by atoms with van der Waals surface area (Å²) in [5.41, 5.74) is 2.43. The minimum Gasteiger partial charge on any atom is -0.394 e. The van der Waals surface area contributed by atoms with Crippen LogP contribution in [0.15, 0.2) is 67.0 Å². The Bertz CT molecular complexity index is 1260. The third-order valence-corrected chi connectivity index (χ3v) is 5.08. The first-order valence-electron chi connectivity index (χ1n) is 10.3. The van der Waals surface area contributed by atoms with E-state index in [1.54, 1.807) is 36.0 Å². The average molecular weight is 446 g/mol. The van der Waals surface area contributed by atoms with Crippen LogP contribution in [0.5, 0.6) is 0 Å². The van der Waals surface area contributed by atoms with Gasteiger partial charge in [0.25, 0.3) is 5.91 Å². The zero-order valence-corrected chi connectivity index (χ0v) is 18.2. The van der Waals surface area contributed by atoms with Crippen molar-refractivity contribution >= 4 is 17.5 Å². The van der Waals surface area contributed by atoms with Crippen molar-refractivity contribution in [1.29, 1.82) is 0 Å². The molecule has 0 saturated heterocycles. The van der Waals surface area contributed by atoms with E-state index in [2.05, 4.69) is 25.6 Å². The fraction of sp³-hybridized carbons (Fsp3) is 0.167. The zero-order valence-electron chi connectivity index (χ0n) is 18.2. The molecule has 0 bridgehead atoms. The summed E-state index contributed by atoms with van der Waals surface area (Å²) in [5, 5.41) is 15.6. The van der Waals surface area contributed by atoms with Gasteiger partial charge in [-0.1, -0.05) is 30.3 Å². The number of aliphatic hydroxyl groups is 1. The van der Waals surface area contributed by atoms with E-state index in [9.17, 15) is 14.3 Å². The number of hydrogen-bond acceptors (Lipinski definition) is 6. The zero-order chi connectivity index (χ0) is 23.4. The van der Waals surface area contributed by atoms with Crippen LogP contribution < -0.4 is 10.6 Å². The first kappa shape index (κ1) is 22.1. The number of halogens is 1. The van der Waals surface area contributed by atoms with Crippen LogP contribution in [0.2, 0.25) is 0 Å². The molecule has 0 saturated carbocycles. The summed E-state index contributed by atoms with van der Waals surface area (Å²) in [6, 6.07) is 14.6. The standard InChI is InChI=1S/C24H23FN6O2/c1-15-12-26-24(28-19-10-8-18(25)9-11-19)30-22(15)31-13-20(27-16(31)2)23(33)29-21(14-32)17-6-4-3-5-7-17/h3-13,21,32H,14H2,1-2H3,(H,29,33)(H,26,28,30)/t21-/m1/s1. The Morgan fingerprint density at radius 2 is 1.82 bits per heavy atom. The quantitative estimate of drug-likeness (QED) is 0.401. The van der Waals surface area contributed by atoms with Crippen LogP contribution in [0.1, 0.15) is 33.5 Å². The number of imidazole rings is 1. The van der Waals surface area contributed by atoms with Gasteiger partial charge in [-0.15, -0.1) is 0 Å². The molecule has 2 aromatic carbocycles. The second-order valence-corrected chi connectivity index (χ2v) is 7.49. The number of nitrogens with zero attached hydrogens (tertiary/aromatic N) is 4. The minimum atomic E-state index is -0.545. The SMILES string of the molecule is Cc1cnc(Nc2ccc(F)cc2)nc1-n1cc(C(=O)N[C@H](CO)c2ccccc2)nc1C. The summed E-state index contributed by atoms with van der Waals surface area (Å²) in [7, 11) is 0. The second kappa shape index (κ2) is 9.58. The lowest BCUT2D eigenvalue weighted by Gasteiger charge is -2.15. The van der Waals surface area contributed by atoms with Crippen molar-refractivity contribution in [2.24, 2.45) is 0 Å². The molecule has 1 amide bonds. The maximum absolute atomic E-state index is 13.2. The van der Waals surface area contributed by atoms with Crippen LogP contribution >= 0.6 is 0 Å². The molecule has 2 aromatic heterocycles. The van der Waals surface area contributed by atoms with E-state index in [4.69, 9.17) is 0 Å². The van der Waals surface area contributed by atoms with Crippen LogP contribution in [-0.4, -0.2) is 37.1 Å². The Balaban J connectivity index is 1.57. The number of amides is 1. The first-order valence-corrected chi connectivity index (χ1v) is 10.3. The molecular formula is C24H23FN6O2. The number of carbonyl (C=O) groups excluding carboxylic acids is 1. The number of carbonyl (C=O) groups is 1. The summed E-state index contributed by atoms with van der Waals surface area (Å²) in [6.45, 7) is 3.39. The summed E-state index contributed by atoms with van der Waals surface area (Å²) < 4.78 is 14.9. The van der Waals surface area contributed by atoms with Crippen molar-refractivity contribution in [2.45, 2.75) is 19.9 Å². The molecule has 3 N–H and O–H groups in total. The highest BCUT2D eigenvalue weighted by Crippen LogP contribution is 2.19. The largest absolute Gasteiger partial charge is 0.394 e. The molecule has 33 heavy (non-hydrogen) atoms. The van der Waals surface area contributed by atoms with Crippen LogP contribution in [0.4, 0.5) is 16.0 Å². The van der Waals surface area contributed by atoms with E-state index in [1.165, 1.54) is 12.1 Å². The van der Waals surface area contributed by atoms with E-state index in [0.29, 0.717) is 23.3 Å². The third kappa shape index (κ3) is 5.04. The third-order valence-electron chi connectivity index (χ3n) is 5.08. The van der Waals surface area contributed by atoms with Crippen LogP contribution in [0.25, 0.3) is 5.82 Å². The molecule has 9 heteroatoms. The Hall–Kier alpha value is -4.11.